The number of benzene rings is 6. The smallest absolute Gasteiger partial charge is 0.412 e. The van der Waals surface area contributed by atoms with Gasteiger partial charge in [0.05, 0.1) is 36.0 Å². The van der Waals surface area contributed by atoms with Gasteiger partial charge in [-0.2, -0.15) is 8.42 Å². The summed E-state index contributed by atoms with van der Waals surface area (Å²) < 4.78 is 105. The number of para-hydroxylation sites is 3. The van der Waals surface area contributed by atoms with Gasteiger partial charge in [-0.1, -0.05) is 78.9 Å². The van der Waals surface area contributed by atoms with Crippen molar-refractivity contribution in [2.75, 3.05) is 34.5 Å². The van der Waals surface area contributed by atoms with Crippen LogP contribution < -0.4 is 19.7 Å². The van der Waals surface area contributed by atoms with Crippen molar-refractivity contribution in [2.45, 2.75) is 86.2 Å². The second-order valence-electron chi connectivity index (χ2n) is 19.5. The number of hydrogen-bond acceptors (Lipinski definition) is 18. The van der Waals surface area contributed by atoms with E-state index in [9.17, 15) is 71.7 Å². The largest absolute Gasteiger partial charge is 0.508 e. The van der Waals surface area contributed by atoms with Gasteiger partial charge < -0.3 is 68.5 Å². The highest BCUT2D eigenvalue weighted by Gasteiger charge is 2.54. The van der Waals surface area contributed by atoms with Gasteiger partial charge in [0.15, 0.2) is 12.4 Å². The number of nitrogens with one attached hydrogen (secondary N) is 2. The Kier molecular flexibility index (Phi) is 18.4. The maximum Gasteiger partial charge on any atom is 0.412 e. The quantitative estimate of drug-likeness (QED) is 0.0353. The first-order valence-electron chi connectivity index (χ1n) is 25.7. The lowest BCUT2D eigenvalue weighted by Gasteiger charge is -2.48. The summed E-state index contributed by atoms with van der Waals surface area (Å²) in [6.45, 7) is -1.96. The number of carbonyl (C=O) groups excluding carboxylic acids is 3. The van der Waals surface area contributed by atoms with Crippen LogP contribution in [0.1, 0.15) is 36.1 Å². The van der Waals surface area contributed by atoms with E-state index in [4.69, 9.17) is 27.9 Å². The Bertz CT molecular complexity index is 3310. The van der Waals surface area contributed by atoms with Crippen molar-refractivity contribution in [1.82, 2.24) is 0 Å². The maximum atomic E-state index is 14.4. The molecule has 21 nitrogen and oxygen atoms in total. The van der Waals surface area contributed by atoms with Crippen molar-refractivity contribution in [1.29, 1.82) is 0 Å². The Balaban J connectivity index is 0.939. The SMILES string of the molecule is O=C(Nc1ccccc1F)OCC1O[C@@H](O[C@@H]2C(CO)O[C@@H](CS(=O)(=O)Oc3cc(-c4ccc(O)cc4)ccc3[C@@H]3[C@@H](CC[C@H](O)c4ccc(F)cc4)C(=O)N3c3ccccc3)[C@@H](O)C2O)[C@@H](O)C(O)[C@@H]1OC(=O)Nc1ccccc1F. The molecule has 0 aromatic heterocycles. The zero-order valence-electron chi connectivity index (χ0n) is 43.0. The molecule has 82 heavy (non-hydrogen) atoms. The van der Waals surface area contributed by atoms with Gasteiger partial charge in [0.25, 0.3) is 0 Å². The summed E-state index contributed by atoms with van der Waals surface area (Å²) in [5.74, 6) is -4.95. The summed E-state index contributed by atoms with van der Waals surface area (Å²) in [4.78, 5) is 41.4. The van der Waals surface area contributed by atoms with E-state index in [0.717, 1.165) is 12.1 Å². The highest BCUT2D eigenvalue weighted by Crippen LogP contribution is 2.50. The van der Waals surface area contributed by atoms with Crippen molar-refractivity contribution < 1.29 is 99.6 Å². The molecule has 9 rings (SSSR count). The third-order valence-electron chi connectivity index (χ3n) is 14.1. The van der Waals surface area contributed by atoms with Crippen molar-refractivity contribution in [3.63, 3.8) is 0 Å². The van der Waals surface area contributed by atoms with Crippen LogP contribution in [0.3, 0.4) is 0 Å². The Morgan fingerprint density at radius 3 is 1.94 bits per heavy atom. The van der Waals surface area contributed by atoms with E-state index in [1.165, 1.54) is 83.8 Å². The minimum atomic E-state index is -4.95. The van der Waals surface area contributed by atoms with Crippen LogP contribution in [0, 0.1) is 23.4 Å². The van der Waals surface area contributed by atoms with Gasteiger partial charge in [-0.05, 0) is 96.3 Å². The Labute approximate surface area is 466 Å². The van der Waals surface area contributed by atoms with Gasteiger partial charge in [-0.3, -0.25) is 15.4 Å². The van der Waals surface area contributed by atoms with E-state index in [1.54, 1.807) is 54.6 Å². The van der Waals surface area contributed by atoms with Crippen molar-refractivity contribution in [3.05, 3.63) is 174 Å². The Morgan fingerprint density at radius 1 is 0.683 bits per heavy atom. The van der Waals surface area contributed by atoms with Gasteiger partial charge in [0.1, 0.15) is 90.1 Å². The summed E-state index contributed by atoms with van der Waals surface area (Å²) in [7, 11) is -4.95. The lowest BCUT2D eigenvalue weighted by Crippen LogP contribution is -2.65. The molecule has 4 unspecified atom stereocenters. The van der Waals surface area contributed by atoms with Gasteiger partial charge in [-0.25, -0.2) is 22.8 Å². The Morgan fingerprint density at radius 2 is 1.29 bits per heavy atom. The average Bonchev–Trinajstić information content (AvgIpc) is 1.67. The molecule has 6 aromatic carbocycles. The number of carbonyl (C=O) groups is 3. The summed E-state index contributed by atoms with van der Waals surface area (Å²) in [6, 6.07) is 33.4. The number of anilines is 3. The zero-order chi connectivity index (χ0) is 58.4. The Hall–Kier alpha value is -7.69. The molecule has 3 aliphatic heterocycles. The van der Waals surface area contributed by atoms with E-state index < -0.39 is 138 Å². The molecule has 3 heterocycles. The van der Waals surface area contributed by atoms with Gasteiger partial charge in [0.2, 0.25) is 5.91 Å². The van der Waals surface area contributed by atoms with Crippen LogP contribution in [-0.2, 0) is 38.6 Å². The van der Waals surface area contributed by atoms with Crippen LogP contribution in [0.5, 0.6) is 11.5 Å². The first-order valence-corrected chi connectivity index (χ1v) is 27.2. The van der Waals surface area contributed by atoms with Gasteiger partial charge in [0, 0.05) is 11.3 Å². The van der Waals surface area contributed by atoms with Crippen LogP contribution in [-0.4, -0.2) is 142 Å². The van der Waals surface area contributed by atoms with Crippen LogP contribution in [0.2, 0.25) is 0 Å². The van der Waals surface area contributed by atoms with Crippen LogP contribution in [0.15, 0.2) is 146 Å². The van der Waals surface area contributed by atoms with Crippen molar-refractivity contribution in [2.24, 2.45) is 5.92 Å². The molecule has 434 valence electrons. The molecule has 13 atom stereocenters. The molecule has 9 N–H and O–H groups in total. The molecular weight excluding hydrogens is 1100 g/mol. The molecule has 3 aliphatic rings. The van der Waals surface area contributed by atoms with Crippen LogP contribution in [0.4, 0.5) is 39.8 Å². The standard InChI is InChI=1S/C57H56F3N3O18S/c58-33-19-14-31(15-20-33)42(66)25-24-37-47(63(54(37)71)34-8-2-1-3-9-34)36-23-18-32(30-16-21-35(65)22-17-30)26-43(36)81-82(74,75)29-46-48(67)49(68)52(44(27-64)77-46)79-55-51(70)50(69)53(80-57(73)62-41-13-7-5-11-39(41)60)45(78-55)28-76-56(72)61-40-12-6-4-10-38(40)59/h1-23,26,37,42,44-53,55,64-70H,24-25,27-29H2,(H,61,72)(H,62,73)/t37-,42+,44?,45?,46+,47-,48-,49?,50?,51+,52-,53-,55+/m1/s1. The lowest BCUT2D eigenvalue weighted by atomic mass is 9.77. The predicted octanol–water partition coefficient (Wildman–Crippen LogP) is 5.58. The third-order valence-corrected chi connectivity index (χ3v) is 15.3. The first kappa shape index (κ1) is 58.9. The fourth-order valence-corrected chi connectivity index (χ4v) is 11.1. The summed E-state index contributed by atoms with van der Waals surface area (Å²) in [5, 5.41) is 81.9. The fourth-order valence-electron chi connectivity index (χ4n) is 9.92. The number of halogens is 3. The molecule has 6 aromatic rings. The fraction of sp³-hybridized carbons (Fsp3) is 0.316. The number of rotatable bonds is 19. The number of β-lactam (4-membered cyclic amide) rings is 1. The number of aliphatic hydroxyl groups excluding tert-OH is 6. The highest BCUT2D eigenvalue weighted by atomic mass is 32.2. The molecule has 3 saturated heterocycles. The minimum Gasteiger partial charge on any atom is -0.508 e. The normalized spacial score (nSPS) is 25.8. The maximum absolute atomic E-state index is 14.4. The highest BCUT2D eigenvalue weighted by molar-refractivity contribution is 7.87. The summed E-state index contributed by atoms with van der Waals surface area (Å²) >= 11 is 0. The number of aromatic hydroxyl groups is 1. The third kappa shape index (κ3) is 13.5. The summed E-state index contributed by atoms with van der Waals surface area (Å²) in [5.41, 5.74) is 1.33. The number of amides is 3. The topological polar surface area (TPSA) is 310 Å². The molecule has 0 saturated carbocycles. The van der Waals surface area contributed by atoms with E-state index in [0.29, 0.717) is 22.4 Å². The van der Waals surface area contributed by atoms with Crippen LogP contribution in [0.25, 0.3) is 11.1 Å². The lowest BCUT2D eigenvalue weighted by molar-refractivity contribution is -0.340. The van der Waals surface area contributed by atoms with E-state index in [-0.39, 0.29) is 47.2 Å². The number of aliphatic hydroxyl groups is 6. The second-order valence-corrected chi connectivity index (χ2v) is 21.1. The summed E-state index contributed by atoms with van der Waals surface area (Å²) in [6.07, 6.45) is -23.6. The van der Waals surface area contributed by atoms with Crippen molar-refractivity contribution >= 4 is 45.3 Å². The number of phenolic OH excluding ortho intramolecular Hbond substituents is 1. The number of ether oxygens (including phenoxy) is 5. The first-order chi connectivity index (χ1) is 39.3. The molecule has 3 amide bonds. The molecule has 3 fully saturated rings. The molecule has 0 bridgehead atoms. The number of nitrogens with zero attached hydrogens (tertiary/aromatic N) is 1. The molecular formula is C57H56F3N3O18S. The molecule has 0 aliphatic carbocycles. The molecule has 0 spiro atoms. The monoisotopic (exact) mass is 1160 g/mol. The van der Waals surface area contributed by atoms with Gasteiger partial charge >= 0.3 is 22.3 Å². The number of phenols is 1. The molecule has 25 heteroatoms. The number of hydrogen-bond donors (Lipinski definition) is 9. The van der Waals surface area contributed by atoms with E-state index in [1.807, 2.05) is 0 Å². The molecule has 0 radical (unpaired) electrons. The second kappa shape index (κ2) is 25.6. The average molecular weight is 1160 g/mol. The minimum absolute atomic E-state index is 0.0436. The van der Waals surface area contributed by atoms with E-state index >= 15 is 0 Å². The van der Waals surface area contributed by atoms with E-state index in [2.05, 4.69) is 10.6 Å². The predicted molar refractivity (Wildman–Crippen MR) is 284 cm³/mol. The zero-order valence-corrected chi connectivity index (χ0v) is 43.8. The van der Waals surface area contributed by atoms with Crippen molar-refractivity contribution in [3.8, 4) is 22.6 Å². The van der Waals surface area contributed by atoms with Gasteiger partial charge in [-0.15, -0.1) is 0 Å². The van der Waals surface area contributed by atoms with Crippen LogP contribution >= 0.6 is 0 Å².